The van der Waals surface area contributed by atoms with Gasteiger partial charge in [-0.2, -0.15) is 0 Å². The predicted molar refractivity (Wildman–Crippen MR) is 127 cm³/mol. The topological polar surface area (TPSA) is 43.7 Å². The Labute approximate surface area is 188 Å². The third-order valence-electron chi connectivity index (χ3n) is 6.32. The van der Waals surface area contributed by atoms with Crippen LogP contribution in [0.2, 0.25) is 0 Å². The van der Waals surface area contributed by atoms with Gasteiger partial charge in [0, 0.05) is 13.1 Å². The van der Waals surface area contributed by atoms with Gasteiger partial charge >= 0.3 is 0 Å². The SMILES string of the molecule is CC(C)[C@@H](C#CC(O)C(O)C1CCCCC1)N(Cc1ccccc1)Cc1ccccc1. The highest BCUT2D eigenvalue weighted by molar-refractivity contribution is 5.20. The van der Waals surface area contributed by atoms with Crippen LogP contribution < -0.4 is 0 Å². The van der Waals surface area contributed by atoms with E-state index < -0.39 is 12.2 Å². The van der Waals surface area contributed by atoms with Crippen molar-refractivity contribution in [1.29, 1.82) is 0 Å². The molecule has 3 heteroatoms. The maximum Gasteiger partial charge on any atom is 0.140 e. The molecule has 3 rings (SSSR count). The Morgan fingerprint density at radius 2 is 1.32 bits per heavy atom. The molecule has 3 atom stereocenters. The summed E-state index contributed by atoms with van der Waals surface area (Å²) in [4.78, 5) is 2.38. The van der Waals surface area contributed by atoms with Gasteiger partial charge in [-0.1, -0.05) is 106 Å². The zero-order valence-corrected chi connectivity index (χ0v) is 19.0. The number of rotatable bonds is 8. The number of benzene rings is 2. The molecule has 0 heterocycles. The third-order valence-corrected chi connectivity index (χ3v) is 6.32. The molecule has 1 fully saturated rings. The number of nitrogens with zero attached hydrogens (tertiary/aromatic N) is 1. The minimum Gasteiger partial charge on any atom is -0.389 e. The summed E-state index contributed by atoms with van der Waals surface area (Å²) in [5.41, 5.74) is 2.49. The fraction of sp³-hybridized carbons (Fsp3) is 0.500. The van der Waals surface area contributed by atoms with Gasteiger partial charge in [-0.05, 0) is 35.8 Å². The summed E-state index contributed by atoms with van der Waals surface area (Å²) < 4.78 is 0. The summed E-state index contributed by atoms with van der Waals surface area (Å²) in [7, 11) is 0. The van der Waals surface area contributed by atoms with Crippen molar-refractivity contribution >= 4 is 0 Å². The van der Waals surface area contributed by atoms with Crippen molar-refractivity contribution < 1.29 is 10.2 Å². The van der Waals surface area contributed by atoms with Crippen LogP contribution in [0, 0.1) is 23.7 Å². The first-order chi connectivity index (χ1) is 15.0. The highest BCUT2D eigenvalue weighted by atomic mass is 16.3. The monoisotopic (exact) mass is 419 g/mol. The molecule has 0 radical (unpaired) electrons. The second-order valence-electron chi connectivity index (χ2n) is 9.19. The lowest BCUT2D eigenvalue weighted by Gasteiger charge is -2.32. The molecule has 2 unspecified atom stereocenters. The average Bonchev–Trinajstić information content (AvgIpc) is 2.80. The van der Waals surface area contributed by atoms with Gasteiger partial charge in [0.15, 0.2) is 0 Å². The number of hydrogen-bond acceptors (Lipinski definition) is 3. The zero-order chi connectivity index (χ0) is 22.1. The lowest BCUT2D eigenvalue weighted by molar-refractivity contribution is 0.000509. The summed E-state index contributed by atoms with van der Waals surface area (Å²) in [6.07, 6.45) is 3.74. The molecule has 0 aliphatic heterocycles. The molecular formula is C28H37NO2. The molecule has 0 saturated heterocycles. The summed E-state index contributed by atoms with van der Waals surface area (Å²) in [5.74, 6) is 6.83. The van der Waals surface area contributed by atoms with Gasteiger partial charge in [-0.15, -0.1) is 0 Å². The summed E-state index contributed by atoms with van der Waals surface area (Å²) in [5, 5.41) is 21.3. The van der Waals surface area contributed by atoms with Crippen molar-refractivity contribution in [2.75, 3.05) is 0 Å². The first-order valence-corrected chi connectivity index (χ1v) is 11.7. The van der Waals surface area contributed by atoms with Crippen molar-refractivity contribution in [2.24, 2.45) is 11.8 Å². The largest absolute Gasteiger partial charge is 0.389 e. The first kappa shape index (κ1) is 23.5. The average molecular weight is 420 g/mol. The minimum atomic E-state index is -0.986. The molecule has 0 aromatic heterocycles. The Balaban J connectivity index is 1.78. The van der Waals surface area contributed by atoms with Crippen molar-refractivity contribution in [1.82, 2.24) is 4.90 Å². The molecular weight excluding hydrogens is 382 g/mol. The van der Waals surface area contributed by atoms with E-state index in [1.54, 1.807) is 0 Å². The van der Waals surface area contributed by atoms with E-state index in [9.17, 15) is 10.2 Å². The van der Waals surface area contributed by atoms with Gasteiger partial charge in [-0.3, -0.25) is 4.90 Å². The van der Waals surface area contributed by atoms with E-state index in [-0.39, 0.29) is 12.0 Å². The summed E-state index contributed by atoms with van der Waals surface area (Å²) in [6, 6.07) is 20.9. The molecule has 31 heavy (non-hydrogen) atoms. The van der Waals surface area contributed by atoms with E-state index >= 15 is 0 Å². The van der Waals surface area contributed by atoms with Crippen LogP contribution in [-0.2, 0) is 13.1 Å². The van der Waals surface area contributed by atoms with Gasteiger partial charge in [0.1, 0.15) is 6.10 Å². The molecule has 1 aliphatic carbocycles. The molecule has 2 aromatic carbocycles. The van der Waals surface area contributed by atoms with Crippen LogP contribution in [0.5, 0.6) is 0 Å². The molecule has 1 aliphatic rings. The fourth-order valence-electron chi connectivity index (χ4n) is 4.56. The highest BCUT2D eigenvalue weighted by Gasteiger charge is 2.27. The van der Waals surface area contributed by atoms with Gasteiger partial charge in [-0.25, -0.2) is 0 Å². The first-order valence-electron chi connectivity index (χ1n) is 11.7. The Kier molecular flexibility index (Phi) is 9.15. The van der Waals surface area contributed by atoms with Crippen LogP contribution in [0.3, 0.4) is 0 Å². The highest BCUT2D eigenvalue weighted by Crippen LogP contribution is 2.28. The van der Waals surface area contributed by atoms with Crippen LogP contribution >= 0.6 is 0 Å². The Morgan fingerprint density at radius 3 is 1.81 bits per heavy atom. The standard InChI is InChI=1S/C28H37NO2/c1-22(2)26(18-19-27(30)28(31)25-16-10-5-11-17-25)29(20-23-12-6-3-7-13-23)21-24-14-8-4-9-15-24/h3-4,6-9,12-15,22,25-28,30-31H,5,10-11,16-17,20-21H2,1-2H3/t26-,27?,28?/m1/s1. The van der Waals surface area contributed by atoms with Crippen molar-refractivity contribution in [3.63, 3.8) is 0 Å². The Bertz CT molecular complexity index is 777. The summed E-state index contributed by atoms with van der Waals surface area (Å²) in [6.45, 7) is 5.92. The van der Waals surface area contributed by atoms with E-state index in [0.29, 0.717) is 5.92 Å². The van der Waals surface area contributed by atoms with E-state index in [1.807, 2.05) is 12.1 Å². The molecule has 0 amide bonds. The van der Waals surface area contributed by atoms with Crippen LogP contribution in [0.25, 0.3) is 0 Å². The molecule has 2 aromatic rings. The second kappa shape index (κ2) is 12.1. The molecule has 0 spiro atoms. The smallest absolute Gasteiger partial charge is 0.140 e. The maximum absolute atomic E-state index is 10.6. The van der Waals surface area contributed by atoms with Crippen molar-refractivity contribution in [3.8, 4) is 11.8 Å². The molecule has 0 bridgehead atoms. The van der Waals surface area contributed by atoms with Crippen molar-refractivity contribution in [3.05, 3.63) is 71.8 Å². The zero-order valence-electron chi connectivity index (χ0n) is 19.0. The van der Waals surface area contributed by atoms with Gasteiger partial charge in [0.2, 0.25) is 0 Å². The fourth-order valence-corrected chi connectivity index (χ4v) is 4.56. The molecule has 1 saturated carbocycles. The third kappa shape index (κ3) is 7.21. The van der Waals surface area contributed by atoms with Gasteiger partial charge in [0.05, 0.1) is 12.1 Å². The lowest BCUT2D eigenvalue weighted by atomic mass is 9.83. The van der Waals surface area contributed by atoms with E-state index in [1.165, 1.54) is 17.5 Å². The van der Waals surface area contributed by atoms with E-state index in [0.717, 1.165) is 38.8 Å². The normalized spacial score (nSPS) is 17.7. The lowest BCUT2D eigenvalue weighted by Crippen LogP contribution is -2.38. The van der Waals surface area contributed by atoms with Crippen LogP contribution in [0.4, 0.5) is 0 Å². The predicted octanol–water partition coefficient (Wildman–Crippen LogP) is 5.02. The Hall–Kier alpha value is -2.12. The van der Waals surface area contributed by atoms with E-state index in [4.69, 9.17) is 0 Å². The van der Waals surface area contributed by atoms with Crippen LogP contribution in [0.15, 0.2) is 60.7 Å². The van der Waals surface area contributed by atoms with Crippen molar-refractivity contribution in [2.45, 2.75) is 77.3 Å². The Morgan fingerprint density at radius 1 is 0.806 bits per heavy atom. The second-order valence-corrected chi connectivity index (χ2v) is 9.19. The maximum atomic E-state index is 10.6. The minimum absolute atomic E-state index is 0.0198. The number of hydrogen-bond donors (Lipinski definition) is 2. The quantitative estimate of drug-likeness (QED) is 0.591. The van der Waals surface area contributed by atoms with Gasteiger partial charge < -0.3 is 10.2 Å². The molecule has 3 nitrogen and oxygen atoms in total. The number of aliphatic hydroxyl groups excluding tert-OH is 2. The summed E-state index contributed by atoms with van der Waals surface area (Å²) >= 11 is 0. The molecule has 166 valence electrons. The van der Waals surface area contributed by atoms with E-state index in [2.05, 4.69) is 79.1 Å². The number of aliphatic hydroxyl groups is 2. The van der Waals surface area contributed by atoms with Crippen LogP contribution in [-0.4, -0.2) is 33.4 Å². The van der Waals surface area contributed by atoms with Crippen LogP contribution in [0.1, 0.15) is 57.1 Å². The van der Waals surface area contributed by atoms with Gasteiger partial charge in [0.25, 0.3) is 0 Å². The molecule has 2 N–H and O–H groups in total.